The van der Waals surface area contributed by atoms with Gasteiger partial charge in [-0.25, -0.2) is 0 Å². The lowest BCUT2D eigenvalue weighted by atomic mass is 10.2. The predicted molar refractivity (Wildman–Crippen MR) is 59.6 cm³/mol. The van der Waals surface area contributed by atoms with Crippen LogP contribution in [-0.2, 0) is 16.0 Å². The van der Waals surface area contributed by atoms with Crippen LogP contribution < -0.4 is 0 Å². The van der Waals surface area contributed by atoms with Gasteiger partial charge < -0.3 is 9.72 Å². The van der Waals surface area contributed by atoms with Gasteiger partial charge in [-0.15, -0.1) is 0 Å². The van der Waals surface area contributed by atoms with Crippen molar-refractivity contribution in [3.8, 4) is 0 Å². The van der Waals surface area contributed by atoms with E-state index in [1.165, 1.54) is 0 Å². The Balaban J connectivity index is 2.04. The maximum Gasteiger partial charge on any atom is 0.306 e. The van der Waals surface area contributed by atoms with Crippen LogP contribution in [0.5, 0.6) is 0 Å². The van der Waals surface area contributed by atoms with Crippen LogP contribution in [0.25, 0.3) is 0 Å². The molecule has 0 aliphatic rings. The van der Waals surface area contributed by atoms with Crippen molar-refractivity contribution in [3.05, 3.63) is 24.0 Å². The highest BCUT2D eigenvalue weighted by Crippen LogP contribution is 2.03. The van der Waals surface area contributed by atoms with Gasteiger partial charge in [-0.1, -0.05) is 19.8 Å². The summed E-state index contributed by atoms with van der Waals surface area (Å²) in [6, 6.07) is 1.98. The Labute approximate surface area is 90.8 Å². The van der Waals surface area contributed by atoms with Crippen LogP contribution in [0, 0.1) is 0 Å². The molecule has 1 aromatic rings. The molecule has 0 radical (unpaired) electrons. The normalized spacial score (nSPS) is 10.2. The quantitative estimate of drug-likeness (QED) is 0.554. The molecule has 1 heterocycles. The first kappa shape index (κ1) is 11.8. The van der Waals surface area contributed by atoms with Gasteiger partial charge >= 0.3 is 5.97 Å². The topological polar surface area (TPSA) is 42.1 Å². The molecule has 0 aliphatic heterocycles. The summed E-state index contributed by atoms with van der Waals surface area (Å²) in [6.45, 7) is 2.70. The van der Waals surface area contributed by atoms with Gasteiger partial charge in [0.15, 0.2) is 0 Å². The predicted octanol–water partition coefficient (Wildman–Crippen LogP) is 2.68. The number of unbranched alkanes of at least 4 members (excludes halogenated alkanes) is 2. The van der Waals surface area contributed by atoms with Crippen molar-refractivity contribution < 1.29 is 9.53 Å². The van der Waals surface area contributed by atoms with Gasteiger partial charge in [0, 0.05) is 18.8 Å². The number of carbonyl (C=O) groups is 1. The Morgan fingerprint density at radius 3 is 3.00 bits per heavy atom. The summed E-state index contributed by atoms with van der Waals surface area (Å²) in [5.41, 5.74) is 1.15. The van der Waals surface area contributed by atoms with Crippen molar-refractivity contribution in [1.82, 2.24) is 4.98 Å². The first-order chi connectivity index (χ1) is 7.33. The zero-order valence-electron chi connectivity index (χ0n) is 9.29. The molecule has 0 saturated carbocycles. The van der Waals surface area contributed by atoms with Crippen LogP contribution in [0.1, 0.15) is 38.2 Å². The van der Waals surface area contributed by atoms with Gasteiger partial charge in [-0.3, -0.25) is 4.79 Å². The monoisotopic (exact) mass is 209 g/mol. The van der Waals surface area contributed by atoms with E-state index in [0.29, 0.717) is 13.0 Å². The third-order valence-electron chi connectivity index (χ3n) is 2.29. The first-order valence-electron chi connectivity index (χ1n) is 5.60. The molecular formula is C12H19NO2. The highest BCUT2D eigenvalue weighted by molar-refractivity contribution is 5.69. The molecule has 0 bridgehead atoms. The van der Waals surface area contributed by atoms with E-state index in [1.807, 2.05) is 18.5 Å². The molecule has 0 saturated heterocycles. The lowest BCUT2D eigenvalue weighted by Gasteiger charge is -2.03. The first-order valence-corrected chi connectivity index (χ1v) is 5.60. The number of rotatable bonds is 7. The number of H-pyrrole nitrogens is 1. The maximum atomic E-state index is 11.3. The highest BCUT2D eigenvalue weighted by atomic mass is 16.5. The van der Waals surface area contributed by atoms with E-state index in [0.717, 1.165) is 31.2 Å². The Morgan fingerprint density at radius 1 is 1.47 bits per heavy atom. The molecule has 1 aromatic heterocycles. The minimum Gasteiger partial charge on any atom is -0.466 e. The van der Waals surface area contributed by atoms with E-state index in [9.17, 15) is 4.79 Å². The Morgan fingerprint density at radius 2 is 2.33 bits per heavy atom. The van der Waals surface area contributed by atoms with Gasteiger partial charge in [0.1, 0.15) is 0 Å². The molecule has 1 N–H and O–H groups in total. The molecule has 0 unspecified atom stereocenters. The van der Waals surface area contributed by atoms with E-state index < -0.39 is 0 Å². The smallest absolute Gasteiger partial charge is 0.306 e. The van der Waals surface area contributed by atoms with Gasteiger partial charge in [0.25, 0.3) is 0 Å². The van der Waals surface area contributed by atoms with Gasteiger partial charge in [0.05, 0.1) is 6.61 Å². The number of hydrogen-bond acceptors (Lipinski definition) is 2. The number of aryl methyl sites for hydroxylation is 1. The summed E-state index contributed by atoms with van der Waals surface area (Å²) >= 11 is 0. The zero-order valence-corrected chi connectivity index (χ0v) is 9.29. The minimum absolute atomic E-state index is 0.0905. The summed E-state index contributed by atoms with van der Waals surface area (Å²) in [5, 5.41) is 0. The molecule has 84 valence electrons. The SMILES string of the molecule is CCCCCOC(=O)CCc1cc[nH]c1. The molecule has 0 spiro atoms. The van der Waals surface area contributed by atoms with E-state index in [4.69, 9.17) is 4.74 Å². The average molecular weight is 209 g/mol. The Hall–Kier alpha value is -1.25. The van der Waals surface area contributed by atoms with E-state index in [-0.39, 0.29) is 5.97 Å². The molecule has 0 aliphatic carbocycles. The lowest BCUT2D eigenvalue weighted by molar-refractivity contribution is -0.143. The maximum absolute atomic E-state index is 11.3. The second kappa shape index (κ2) is 7.10. The molecule has 1 rings (SSSR count). The minimum atomic E-state index is -0.0905. The largest absolute Gasteiger partial charge is 0.466 e. The lowest BCUT2D eigenvalue weighted by Crippen LogP contribution is -2.06. The molecule has 0 atom stereocenters. The van der Waals surface area contributed by atoms with Crippen molar-refractivity contribution >= 4 is 5.97 Å². The molecular weight excluding hydrogens is 190 g/mol. The van der Waals surface area contributed by atoms with Crippen LogP contribution in [0.2, 0.25) is 0 Å². The standard InChI is InChI=1S/C12H19NO2/c1-2-3-4-9-15-12(14)6-5-11-7-8-13-10-11/h7-8,10,13H,2-6,9H2,1H3. The number of carbonyl (C=O) groups excluding carboxylic acids is 1. The van der Waals surface area contributed by atoms with Crippen molar-refractivity contribution in [2.24, 2.45) is 0 Å². The number of esters is 1. The summed E-state index contributed by atoms with van der Waals surface area (Å²) < 4.78 is 5.09. The van der Waals surface area contributed by atoms with E-state index in [2.05, 4.69) is 11.9 Å². The Bertz CT molecular complexity index is 267. The van der Waals surface area contributed by atoms with Gasteiger partial charge in [-0.2, -0.15) is 0 Å². The molecule has 3 nitrogen and oxygen atoms in total. The Kier molecular flexibility index (Phi) is 5.59. The fraction of sp³-hybridized carbons (Fsp3) is 0.583. The number of aromatic amines is 1. The van der Waals surface area contributed by atoms with Crippen LogP contribution >= 0.6 is 0 Å². The number of nitrogens with one attached hydrogen (secondary N) is 1. The van der Waals surface area contributed by atoms with Crippen LogP contribution in [0.15, 0.2) is 18.5 Å². The summed E-state index contributed by atoms with van der Waals surface area (Å²) in [4.78, 5) is 14.2. The van der Waals surface area contributed by atoms with Crippen molar-refractivity contribution in [2.45, 2.75) is 39.0 Å². The summed E-state index contributed by atoms with van der Waals surface area (Å²) in [6.07, 6.45) is 8.27. The third kappa shape index (κ3) is 5.25. The second-order valence-corrected chi connectivity index (χ2v) is 3.65. The number of ether oxygens (including phenoxy) is 1. The van der Waals surface area contributed by atoms with Crippen molar-refractivity contribution in [1.29, 1.82) is 0 Å². The van der Waals surface area contributed by atoms with Crippen LogP contribution in [0.3, 0.4) is 0 Å². The summed E-state index contributed by atoms with van der Waals surface area (Å²) in [5.74, 6) is -0.0905. The highest BCUT2D eigenvalue weighted by Gasteiger charge is 2.03. The van der Waals surface area contributed by atoms with Crippen molar-refractivity contribution in [3.63, 3.8) is 0 Å². The summed E-state index contributed by atoms with van der Waals surface area (Å²) in [7, 11) is 0. The average Bonchev–Trinajstić information content (AvgIpc) is 2.74. The fourth-order valence-electron chi connectivity index (χ4n) is 1.37. The van der Waals surface area contributed by atoms with Gasteiger partial charge in [0.2, 0.25) is 0 Å². The molecule has 0 fully saturated rings. The molecule has 0 amide bonds. The third-order valence-corrected chi connectivity index (χ3v) is 2.29. The van der Waals surface area contributed by atoms with E-state index >= 15 is 0 Å². The van der Waals surface area contributed by atoms with E-state index in [1.54, 1.807) is 0 Å². The second-order valence-electron chi connectivity index (χ2n) is 3.65. The zero-order chi connectivity index (χ0) is 10.9. The molecule has 15 heavy (non-hydrogen) atoms. The number of hydrogen-bond donors (Lipinski definition) is 1. The molecule has 3 heteroatoms. The van der Waals surface area contributed by atoms with Crippen LogP contribution in [-0.4, -0.2) is 17.6 Å². The fourth-order valence-corrected chi connectivity index (χ4v) is 1.37. The van der Waals surface area contributed by atoms with Gasteiger partial charge in [-0.05, 0) is 24.5 Å². The number of aromatic nitrogens is 1. The molecule has 0 aromatic carbocycles. The van der Waals surface area contributed by atoms with Crippen LogP contribution in [0.4, 0.5) is 0 Å². The van der Waals surface area contributed by atoms with Crippen molar-refractivity contribution in [2.75, 3.05) is 6.61 Å².